The van der Waals surface area contributed by atoms with E-state index in [1.807, 2.05) is 0 Å². The van der Waals surface area contributed by atoms with Gasteiger partial charge in [-0.15, -0.1) is 0 Å². The molecule has 5 nitrogen and oxygen atoms in total. The van der Waals surface area contributed by atoms with Crippen molar-refractivity contribution in [3.8, 4) is 0 Å². The third-order valence-corrected chi connectivity index (χ3v) is 1.36. The SMILES string of the molecule is C=C(C)C(=O)NCC(=O)CC(C)O.N. The minimum absolute atomic E-state index is 0. The number of hydrogen-bond donors (Lipinski definition) is 3. The zero-order valence-electron chi connectivity index (χ0n) is 8.67. The van der Waals surface area contributed by atoms with Crippen LogP contribution in [0.3, 0.4) is 0 Å². The fourth-order valence-corrected chi connectivity index (χ4v) is 0.731. The molecule has 0 aliphatic rings. The zero-order valence-corrected chi connectivity index (χ0v) is 8.67. The van der Waals surface area contributed by atoms with Gasteiger partial charge in [-0.3, -0.25) is 9.59 Å². The number of carbonyl (C=O) groups is 2. The Balaban J connectivity index is 0. The molecule has 0 aliphatic carbocycles. The number of aliphatic hydroxyl groups is 1. The minimum atomic E-state index is -0.658. The highest BCUT2D eigenvalue weighted by molar-refractivity contribution is 5.95. The van der Waals surface area contributed by atoms with E-state index >= 15 is 0 Å². The van der Waals surface area contributed by atoms with Crippen molar-refractivity contribution in [1.82, 2.24) is 11.5 Å². The van der Waals surface area contributed by atoms with Crippen molar-refractivity contribution < 1.29 is 14.7 Å². The molecule has 0 heterocycles. The van der Waals surface area contributed by atoms with Crippen LogP contribution in [0.1, 0.15) is 20.3 Å². The summed E-state index contributed by atoms with van der Waals surface area (Å²) in [6.45, 7) is 6.47. The van der Waals surface area contributed by atoms with E-state index in [9.17, 15) is 9.59 Å². The number of aliphatic hydroxyl groups excluding tert-OH is 1. The predicted octanol–water partition coefficient (Wildman–Crippen LogP) is 0.181. The van der Waals surface area contributed by atoms with Gasteiger partial charge in [0.25, 0.3) is 0 Å². The first kappa shape index (κ1) is 15.3. The molecule has 0 aromatic carbocycles. The lowest BCUT2D eigenvalue weighted by atomic mass is 10.2. The maximum absolute atomic E-state index is 11.0. The van der Waals surface area contributed by atoms with Gasteiger partial charge in [0.15, 0.2) is 5.78 Å². The third-order valence-electron chi connectivity index (χ3n) is 1.36. The van der Waals surface area contributed by atoms with E-state index in [0.29, 0.717) is 5.57 Å². The third kappa shape index (κ3) is 7.45. The van der Waals surface area contributed by atoms with Crippen LogP contribution in [0.15, 0.2) is 12.2 Å². The molecule has 0 saturated carbocycles. The Morgan fingerprint density at radius 1 is 1.50 bits per heavy atom. The number of ketones is 1. The van der Waals surface area contributed by atoms with Crippen molar-refractivity contribution in [3.05, 3.63) is 12.2 Å². The Hall–Kier alpha value is -1.20. The van der Waals surface area contributed by atoms with Gasteiger partial charge in [-0.25, -0.2) is 0 Å². The molecule has 0 bridgehead atoms. The average Bonchev–Trinajstić information content (AvgIpc) is 1.98. The van der Waals surface area contributed by atoms with E-state index in [1.54, 1.807) is 6.92 Å². The normalized spacial score (nSPS) is 11.1. The Bertz CT molecular complexity index is 224. The van der Waals surface area contributed by atoms with E-state index in [4.69, 9.17) is 5.11 Å². The molecule has 1 atom stereocenters. The number of nitrogens with one attached hydrogen (secondary N) is 1. The number of hydrogen-bond acceptors (Lipinski definition) is 4. The molecular formula is C9H18N2O3. The second kappa shape index (κ2) is 7.23. The molecule has 0 fully saturated rings. The van der Waals surface area contributed by atoms with Gasteiger partial charge in [-0.05, 0) is 13.8 Å². The van der Waals surface area contributed by atoms with Crippen molar-refractivity contribution in [3.63, 3.8) is 0 Å². The highest BCUT2D eigenvalue weighted by atomic mass is 16.3. The molecule has 14 heavy (non-hydrogen) atoms. The van der Waals surface area contributed by atoms with Gasteiger partial charge >= 0.3 is 0 Å². The summed E-state index contributed by atoms with van der Waals surface area (Å²) in [4.78, 5) is 21.9. The van der Waals surface area contributed by atoms with Crippen LogP contribution >= 0.6 is 0 Å². The number of rotatable bonds is 5. The minimum Gasteiger partial charge on any atom is -0.393 e. The highest BCUT2D eigenvalue weighted by Gasteiger charge is 2.08. The van der Waals surface area contributed by atoms with Crippen LogP contribution in [0, 0.1) is 0 Å². The average molecular weight is 202 g/mol. The van der Waals surface area contributed by atoms with Crippen molar-refractivity contribution in [1.29, 1.82) is 0 Å². The molecule has 0 aromatic heterocycles. The summed E-state index contributed by atoms with van der Waals surface area (Å²) < 4.78 is 0. The van der Waals surface area contributed by atoms with Gasteiger partial charge in [0, 0.05) is 12.0 Å². The summed E-state index contributed by atoms with van der Waals surface area (Å²) >= 11 is 0. The second-order valence-electron chi connectivity index (χ2n) is 3.05. The first-order valence-electron chi connectivity index (χ1n) is 4.07. The van der Waals surface area contributed by atoms with Crippen LogP contribution in [-0.4, -0.2) is 29.4 Å². The predicted molar refractivity (Wildman–Crippen MR) is 54.2 cm³/mol. The maximum atomic E-state index is 11.0. The molecular weight excluding hydrogens is 184 g/mol. The molecule has 0 aromatic rings. The van der Waals surface area contributed by atoms with Crippen molar-refractivity contribution >= 4 is 11.7 Å². The van der Waals surface area contributed by atoms with Crippen LogP contribution in [0.5, 0.6) is 0 Å². The van der Waals surface area contributed by atoms with E-state index in [-0.39, 0.29) is 30.8 Å². The summed E-state index contributed by atoms with van der Waals surface area (Å²) in [6, 6.07) is 0. The van der Waals surface area contributed by atoms with E-state index in [2.05, 4.69) is 11.9 Å². The first-order chi connectivity index (χ1) is 5.93. The molecule has 0 aliphatic heterocycles. The molecule has 0 radical (unpaired) electrons. The number of carbonyl (C=O) groups excluding carboxylic acids is 2. The summed E-state index contributed by atoms with van der Waals surface area (Å²) in [5.74, 6) is -0.524. The smallest absolute Gasteiger partial charge is 0.246 e. The molecule has 82 valence electrons. The number of amides is 1. The van der Waals surface area contributed by atoms with Crippen LogP contribution < -0.4 is 11.5 Å². The van der Waals surface area contributed by atoms with E-state index < -0.39 is 6.10 Å². The quantitative estimate of drug-likeness (QED) is 0.553. The summed E-state index contributed by atoms with van der Waals surface area (Å²) in [7, 11) is 0. The van der Waals surface area contributed by atoms with Crippen molar-refractivity contribution in [2.45, 2.75) is 26.4 Å². The van der Waals surface area contributed by atoms with Gasteiger partial charge in [0.1, 0.15) is 0 Å². The topological polar surface area (TPSA) is 101 Å². The molecule has 0 rings (SSSR count). The molecule has 0 spiro atoms. The maximum Gasteiger partial charge on any atom is 0.246 e. The van der Waals surface area contributed by atoms with Crippen molar-refractivity contribution in [2.75, 3.05) is 6.54 Å². The summed E-state index contributed by atoms with van der Waals surface area (Å²) in [6.07, 6.45) is -0.592. The molecule has 5 heteroatoms. The Kier molecular flexibility index (Phi) is 7.89. The Morgan fingerprint density at radius 3 is 2.36 bits per heavy atom. The lowest BCUT2D eigenvalue weighted by molar-refractivity contribution is -0.124. The standard InChI is InChI=1S/C9H15NO3.H3N/c1-6(2)9(13)10-5-8(12)4-7(3)11;/h7,11H,1,4-5H2,2-3H3,(H,10,13);1H3. The first-order valence-corrected chi connectivity index (χ1v) is 4.07. The largest absolute Gasteiger partial charge is 0.393 e. The van der Waals surface area contributed by atoms with Gasteiger partial charge in [-0.1, -0.05) is 6.58 Å². The number of Topliss-reactive ketones (excluding diaryl/α,β-unsaturated/α-hetero) is 1. The van der Waals surface area contributed by atoms with Gasteiger partial charge in [0.2, 0.25) is 5.91 Å². The fraction of sp³-hybridized carbons (Fsp3) is 0.556. The van der Waals surface area contributed by atoms with Gasteiger partial charge < -0.3 is 16.6 Å². The Labute approximate surface area is 83.8 Å². The second-order valence-corrected chi connectivity index (χ2v) is 3.05. The molecule has 1 amide bonds. The van der Waals surface area contributed by atoms with Crippen LogP contribution in [0.2, 0.25) is 0 Å². The molecule has 1 unspecified atom stereocenters. The highest BCUT2D eigenvalue weighted by Crippen LogP contribution is 1.91. The van der Waals surface area contributed by atoms with Gasteiger partial charge in [0.05, 0.1) is 12.6 Å². The van der Waals surface area contributed by atoms with Gasteiger partial charge in [-0.2, -0.15) is 0 Å². The summed E-state index contributed by atoms with van der Waals surface area (Å²) in [5.41, 5.74) is 0.366. The monoisotopic (exact) mass is 202 g/mol. The van der Waals surface area contributed by atoms with E-state index in [0.717, 1.165) is 0 Å². The molecule has 5 N–H and O–H groups in total. The van der Waals surface area contributed by atoms with E-state index in [1.165, 1.54) is 6.92 Å². The zero-order chi connectivity index (χ0) is 10.4. The van der Waals surface area contributed by atoms with Crippen LogP contribution in [0.25, 0.3) is 0 Å². The van der Waals surface area contributed by atoms with Crippen LogP contribution in [-0.2, 0) is 9.59 Å². The fourth-order valence-electron chi connectivity index (χ4n) is 0.731. The lowest BCUT2D eigenvalue weighted by Crippen LogP contribution is -2.30. The Morgan fingerprint density at radius 2 is 2.00 bits per heavy atom. The lowest BCUT2D eigenvalue weighted by Gasteiger charge is -2.05. The van der Waals surface area contributed by atoms with Crippen LogP contribution in [0.4, 0.5) is 0 Å². The molecule has 0 saturated heterocycles. The van der Waals surface area contributed by atoms with Crippen molar-refractivity contribution in [2.24, 2.45) is 0 Å². The summed E-state index contributed by atoms with van der Waals surface area (Å²) in [5, 5.41) is 11.2.